The number of aryl methyl sites for hydroxylation is 1. The Kier molecular flexibility index (Phi) is 4.55. The number of urea groups is 1. The number of nitriles is 1. The molecular weight excluding hydrogens is 337 g/mol. The van der Waals surface area contributed by atoms with Gasteiger partial charge in [-0.3, -0.25) is 0 Å². The van der Waals surface area contributed by atoms with Crippen LogP contribution in [0.15, 0.2) is 40.9 Å². The maximum Gasteiger partial charge on any atom is 0.323 e. The Bertz CT molecular complexity index is 723. The quantitative estimate of drug-likeness (QED) is 0.844. The Morgan fingerprint density at radius 3 is 2.52 bits per heavy atom. The van der Waals surface area contributed by atoms with Crippen molar-refractivity contribution in [1.29, 1.82) is 5.26 Å². The van der Waals surface area contributed by atoms with Crippen molar-refractivity contribution < 1.29 is 9.18 Å². The van der Waals surface area contributed by atoms with Crippen LogP contribution >= 0.6 is 15.9 Å². The standard InChI is InChI=1S/C15H11BrFN3O/c1-9-6-13(17)12(16)7-14(9)20-15(21)19-11-4-2-10(8-18)3-5-11/h2-7H,1H3,(H2,19,20,21). The van der Waals surface area contributed by atoms with E-state index in [-0.39, 0.29) is 10.3 Å². The summed E-state index contributed by atoms with van der Waals surface area (Å²) in [6.45, 7) is 1.70. The van der Waals surface area contributed by atoms with E-state index in [0.29, 0.717) is 22.5 Å². The van der Waals surface area contributed by atoms with Gasteiger partial charge < -0.3 is 10.6 Å². The molecule has 0 heterocycles. The molecule has 0 aliphatic carbocycles. The molecule has 2 amide bonds. The van der Waals surface area contributed by atoms with Gasteiger partial charge in [-0.05, 0) is 64.8 Å². The number of carbonyl (C=O) groups excluding carboxylic acids is 1. The van der Waals surface area contributed by atoms with Gasteiger partial charge in [0.2, 0.25) is 0 Å². The van der Waals surface area contributed by atoms with Crippen molar-refractivity contribution in [2.24, 2.45) is 0 Å². The van der Waals surface area contributed by atoms with Crippen LogP contribution in [0.2, 0.25) is 0 Å². The molecule has 2 N–H and O–H groups in total. The molecule has 0 atom stereocenters. The number of benzene rings is 2. The van der Waals surface area contributed by atoms with Gasteiger partial charge in [0.05, 0.1) is 16.1 Å². The molecule has 6 heteroatoms. The highest BCUT2D eigenvalue weighted by atomic mass is 79.9. The lowest BCUT2D eigenvalue weighted by Crippen LogP contribution is -2.20. The van der Waals surface area contributed by atoms with Gasteiger partial charge in [-0.15, -0.1) is 0 Å². The summed E-state index contributed by atoms with van der Waals surface area (Å²) in [5.41, 5.74) is 2.20. The molecule has 2 aromatic carbocycles. The van der Waals surface area contributed by atoms with E-state index >= 15 is 0 Å². The Morgan fingerprint density at radius 2 is 1.90 bits per heavy atom. The summed E-state index contributed by atoms with van der Waals surface area (Å²) in [5.74, 6) is -0.384. The summed E-state index contributed by atoms with van der Waals surface area (Å²) in [7, 11) is 0. The van der Waals surface area contributed by atoms with E-state index in [1.807, 2.05) is 6.07 Å². The molecular formula is C15H11BrFN3O. The van der Waals surface area contributed by atoms with Crippen LogP contribution in [0.3, 0.4) is 0 Å². The number of halogens is 2. The predicted molar refractivity (Wildman–Crippen MR) is 82.6 cm³/mol. The monoisotopic (exact) mass is 347 g/mol. The molecule has 2 aromatic rings. The van der Waals surface area contributed by atoms with Crippen molar-refractivity contribution in [3.8, 4) is 6.07 Å². The maximum absolute atomic E-state index is 13.3. The molecule has 0 bridgehead atoms. The van der Waals surface area contributed by atoms with Gasteiger partial charge in [-0.25, -0.2) is 9.18 Å². The average molecular weight is 348 g/mol. The first-order chi connectivity index (χ1) is 9.99. The fourth-order valence-electron chi connectivity index (χ4n) is 1.69. The minimum absolute atomic E-state index is 0.279. The zero-order chi connectivity index (χ0) is 15.4. The lowest BCUT2D eigenvalue weighted by atomic mass is 10.2. The summed E-state index contributed by atoms with van der Waals surface area (Å²) < 4.78 is 13.6. The molecule has 2 rings (SSSR count). The highest BCUT2D eigenvalue weighted by molar-refractivity contribution is 9.10. The second-order valence-corrected chi connectivity index (χ2v) is 5.20. The number of rotatable bonds is 2. The number of hydrogen-bond acceptors (Lipinski definition) is 2. The molecule has 0 spiro atoms. The average Bonchev–Trinajstić information content (AvgIpc) is 2.45. The smallest absolute Gasteiger partial charge is 0.308 e. The number of hydrogen-bond donors (Lipinski definition) is 2. The van der Waals surface area contributed by atoms with Gasteiger partial charge in [0.15, 0.2) is 0 Å². The van der Waals surface area contributed by atoms with Crippen molar-refractivity contribution in [2.45, 2.75) is 6.92 Å². The van der Waals surface area contributed by atoms with Crippen molar-refractivity contribution in [2.75, 3.05) is 10.6 Å². The maximum atomic E-state index is 13.3. The molecule has 4 nitrogen and oxygen atoms in total. The summed E-state index contributed by atoms with van der Waals surface area (Å²) in [4.78, 5) is 11.9. The third-order valence-corrected chi connectivity index (χ3v) is 3.40. The highest BCUT2D eigenvalue weighted by Crippen LogP contribution is 2.24. The summed E-state index contributed by atoms with van der Waals surface area (Å²) in [5, 5.41) is 14.0. The minimum atomic E-state index is -0.443. The molecule has 0 radical (unpaired) electrons. The zero-order valence-corrected chi connectivity index (χ0v) is 12.7. The molecule has 106 valence electrons. The van der Waals surface area contributed by atoms with Crippen molar-refractivity contribution in [3.05, 3.63) is 57.8 Å². The number of nitrogens with zero attached hydrogens (tertiary/aromatic N) is 1. The normalized spacial score (nSPS) is 9.81. The molecule has 21 heavy (non-hydrogen) atoms. The Morgan fingerprint density at radius 1 is 1.24 bits per heavy atom. The van der Waals surface area contributed by atoms with Gasteiger partial charge in [-0.1, -0.05) is 0 Å². The molecule has 0 aromatic heterocycles. The van der Waals surface area contributed by atoms with Crippen LogP contribution in [-0.4, -0.2) is 6.03 Å². The second kappa shape index (κ2) is 6.37. The zero-order valence-electron chi connectivity index (χ0n) is 11.1. The van der Waals surface area contributed by atoms with E-state index in [1.165, 1.54) is 12.1 Å². The molecule has 0 saturated heterocycles. The van der Waals surface area contributed by atoms with Gasteiger partial charge >= 0.3 is 6.03 Å². The third-order valence-electron chi connectivity index (χ3n) is 2.79. The molecule has 0 unspecified atom stereocenters. The van der Waals surface area contributed by atoms with Crippen LogP contribution in [0.5, 0.6) is 0 Å². The Labute approximate surface area is 129 Å². The van der Waals surface area contributed by atoms with Crippen LogP contribution in [0.4, 0.5) is 20.6 Å². The van der Waals surface area contributed by atoms with E-state index in [1.54, 1.807) is 31.2 Å². The van der Waals surface area contributed by atoms with Crippen molar-refractivity contribution >= 4 is 33.3 Å². The van der Waals surface area contributed by atoms with Gasteiger partial charge in [0.25, 0.3) is 0 Å². The van der Waals surface area contributed by atoms with Crippen LogP contribution in [-0.2, 0) is 0 Å². The molecule has 0 saturated carbocycles. The SMILES string of the molecule is Cc1cc(F)c(Br)cc1NC(=O)Nc1ccc(C#N)cc1. The highest BCUT2D eigenvalue weighted by Gasteiger charge is 2.08. The fourth-order valence-corrected chi connectivity index (χ4v) is 2.04. The Hall–Kier alpha value is -2.39. The first-order valence-electron chi connectivity index (χ1n) is 6.03. The fraction of sp³-hybridized carbons (Fsp3) is 0.0667. The van der Waals surface area contributed by atoms with Crippen LogP contribution < -0.4 is 10.6 Å². The van der Waals surface area contributed by atoms with E-state index in [2.05, 4.69) is 26.6 Å². The number of anilines is 2. The van der Waals surface area contributed by atoms with E-state index in [0.717, 1.165) is 0 Å². The van der Waals surface area contributed by atoms with Crippen molar-refractivity contribution in [1.82, 2.24) is 0 Å². The second-order valence-electron chi connectivity index (χ2n) is 4.35. The topological polar surface area (TPSA) is 64.9 Å². The number of amides is 2. The van der Waals surface area contributed by atoms with Crippen LogP contribution in [0, 0.1) is 24.1 Å². The van der Waals surface area contributed by atoms with E-state index in [9.17, 15) is 9.18 Å². The number of carbonyl (C=O) groups is 1. The largest absolute Gasteiger partial charge is 0.323 e. The van der Waals surface area contributed by atoms with E-state index in [4.69, 9.17) is 5.26 Å². The molecule has 0 aliphatic rings. The summed E-state index contributed by atoms with van der Waals surface area (Å²) in [6.07, 6.45) is 0. The minimum Gasteiger partial charge on any atom is -0.308 e. The lowest BCUT2D eigenvalue weighted by molar-refractivity contribution is 0.262. The molecule has 0 fully saturated rings. The number of nitrogens with one attached hydrogen (secondary N) is 2. The van der Waals surface area contributed by atoms with Gasteiger partial charge in [-0.2, -0.15) is 5.26 Å². The van der Waals surface area contributed by atoms with Gasteiger partial charge in [0.1, 0.15) is 5.82 Å². The van der Waals surface area contributed by atoms with Crippen LogP contribution in [0.25, 0.3) is 0 Å². The third kappa shape index (κ3) is 3.80. The summed E-state index contributed by atoms with van der Waals surface area (Å²) >= 11 is 3.08. The van der Waals surface area contributed by atoms with Gasteiger partial charge in [0, 0.05) is 11.4 Å². The van der Waals surface area contributed by atoms with E-state index < -0.39 is 6.03 Å². The lowest BCUT2D eigenvalue weighted by Gasteiger charge is -2.11. The Balaban J connectivity index is 2.08. The first kappa shape index (κ1) is 15.0. The predicted octanol–water partition coefficient (Wildman–Crippen LogP) is 4.41. The van der Waals surface area contributed by atoms with Crippen molar-refractivity contribution in [3.63, 3.8) is 0 Å². The first-order valence-corrected chi connectivity index (χ1v) is 6.82. The summed E-state index contributed by atoms with van der Waals surface area (Å²) in [6, 6.07) is 10.9. The van der Waals surface area contributed by atoms with Crippen LogP contribution in [0.1, 0.15) is 11.1 Å². The molecule has 0 aliphatic heterocycles.